The molecule has 2 unspecified atom stereocenters. The summed E-state index contributed by atoms with van der Waals surface area (Å²) in [6.07, 6.45) is 0. The molecule has 1 radical (unpaired) electrons. The van der Waals surface area contributed by atoms with E-state index in [1.165, 1.54) is 0 Å². The van der Waals surface area contributed by atoms with Gasteiger partial charge in [0.25, 0.3) is 0 Å². The van der Waals surface area contributed by atoms with Gasteiger partial charge in [0.1, 0.15) is 36.7 Å². The van der Waals surface area contributed by atoms with Crippen LogP contribution < -0.4 is 24.8 Å². The number of ether oxygens (including phenoxy) is 4. The van der Waals surface area contributed by atoms with Crippen molar-refractivity contribution in [1.29, 1.82) is 0 Å². The van der Waals surface area contributed by atoms with Gasteiger partial charge in [0, 0.05) is 14.2 Å². The van der Waals surface area contributed by atoms with Gasteiger partial charge in [-0.1, -0.05) is 6.07 Å². The molecule has 0 spiro atoms. The van der Waals surface area contributed by atoms with E-state index < -0.39 is 0 Å². The first-order valence-corrected chi connectivity index (χ1v) is 7.17. The van der Waals surface area contributed by atoms with Crippen LogP contribution >= 0.6 is 0 Å². The van der Waals surface area contributed by atoms with Gasteiger partial charge in [0.15, 0.2) is 0 Å². The molecule has 10 heteroatoms. The normalized spacial score (nSPS) is 20.9. The molecule has 3 heterocycles. The third-order valence-corrected chi connectivity index (χ3v) is 3.33. The summed E-state index contributed by atoms with van der Waals surface area (Å²) in [5, 5.41) is 0. The molecule has 25 heavy (non-hydrogen) atoms. The van der Waals surface area contributed by atoms with E-state index in [0.29, 0.717) is 49.6 Å². The van der Waals surface area contributed by atoms with Gasteiger partial charge in [0.2, 0.25) is 11.8 Å². The van der Waals surface area contributed by atoms with Gasteiger partial charge in [-0.25, -0.2) is 15.0 Å². The third kappa shape index (κ3) is 6.13. The number of rotatable bonds is 6. The zero-order valence-electron chi connectivity index (χ0n) is 13.9. The Bertz CT molecular complexity index is 557. The first-order chi connectivity index (χ1) is 10.8. The SMILES string of the molecule is COCC1COC(c2cccc(C3=NC(COC)CO3)n2)=N1.[Cl-].[Cl-].[V+2]. The Kier molecular flexibility index (Phi) is 11.3. The van der Waals surface area contributed by atoms with Crippen molar-refractivity contribution in [2.45, 2.75) is 12.1 Å². The summed E-state index contributed by atoms with van der Waals surface area (Å²) in [5.41, 5.74) is 1.36. The van der Waals surface area contributed by atoms with E-state index in [9.17, 15) is 0 Å². The molecule has 3 rings (SSSR count). The summed E-state index contributed by atoms with van der Waals surface area (Å²) in [6.45, 7) is 2.11. The predicted octanol–water partition coefficient (Wildman–Crippen LogP) is -5.33. The van der Waals surface area contributed by atoms with Gasteiger partial charge in [-0.3, -0.25) is 0 Å². The molecule has 2 aliphatic rings. The number of nitrogens with zero attached hydrogens (tertiary/aromatic N) is 3. The molecular weight excluding hydrogens is 408 g/mol. The number of hydrogen-bond donors (Lipinski definition) is 0. The van der Waals surface area contributed by atoms with Crippen molar-refractivity contribution in [2.75, 3.05) is 40.6 Å². The third-order valence-electron chi connectivity index (χ3n) is 3.33. The molecule has 0 aromatic carbocycles. The summed E-state index contributed by atoms with van der Waals surface area (Å²) in [7, 11) is 3.30. The van der Waals surface area contributed by atoms with Gasteiger partial charge < -0.3 is 43.8 Å². The molecule has 1 aromatic rings. The van der Waals surface area contributed by atoms with Crippen LogP contribution in [-0.4, -0.2) is 69.5 Å². The van der Waals surface area contributed by atoms with Crippen molar-refractivity contribution < 1.29 is 62.3 Å². The van der Waals surface area contributed by atoms with Crippen LogP contribution in [0.1, 0.15) is 11.4 Å². The van der Waals surface area contributed by atoms with E-state index in [4.69, 9.17) is 18.9 Å². The topological polar surface area (TPSA) is 74.5 Å². The number of methoxy groups -OCH3 is 2. The Morgan fingerprint density at radius 3 is 1.76 bits per heavy atom. The Balaban J connectivity index is 0.00000192. The van der Waals surface area contributed by atoms with Gasteiger partial charge in [-0.15, -0.1) is 0 Å². The molecule has 2 aliphatic heterocycles. The van der Waals surface area contributed by atoms with Crippen molar-refractivity contribution in [3.8, 4) is 0 Å². The molecule has 0 N–H and O–H groups in total. The van der Waals surface area contributed by atoms with Crippen LogP contribution in [0.3, 0.4) is 0 Å². The van der Waals surface area contributed by atoms with Crippen molar-refractivity contribution in [3.05, 3.63) is 29.6 Å². The van der Waals surface area contributed by atoms with Crippen molar-refractivity contribution in [1.82, 2.24) is 4.98 Å². The zero-order chi connectivity index (χ0) is 15.4. The number of aliphatic imine (C=N–C) groups is 2. The summed E-state index contributed by atoms with van der Waals surface area (Å²) >= 11 is 0. The smallest absolute Gasteiger partial charge is 1.00 e. The molecule has 7 nitrogen and oxygen atoms in total. The fraction of sp³-hybridized carbons (Fsp3) is 0.533. The zero-order valence-corrected chi connectivity index (χ0v) is 16.8. The van der Waals surface area contributed by atoms with E-state index in [1.807, 2.05) is 18.2 Å². The molecule has 1 aromatic heterocycles. The van der Waals surface area contributed by atoms with Crippen LogP contribution in [-0.2, 0) is 37.5 Å². The first kappa shape index (κ1) is 24.2. The Hall–Kier alpha value is -0.826. The molecular formula is C15H19Cl2N3O4V. The standard InChI is InChI=1S/C15H19N3O4.2ClH.V/c1-19-6-10-8-21-14(16-10)12-4-3-5-13(18-12)15-17-11(7-20-2)9-22-15;;;/h3-5,10-11H,6-9H2,1-2H3;2*1H;/q;;;+2/p-2. The fourth-order valence-corrected chi connectivity index (χ4v) is 2.34. The van der Waals surface area contributed by atoms with Crippen molar-refractivity contribution in [3.63, 3.8) is 0 Å². The number of halogens is 2. The quantitative estimate of drug-likeness (QED) is 0.454. The predicted molar refractivity (Wildman–Crippen MR) is 80.5 cm³/mol. The number of pyridine rings is 1. The van der Waals surface area contributed by atoms with Gasteiger partial charge in [-0.2, -0.15) is 0 Å². The average molecular weight is 427 g/mol. The van der Waals surface area contributed by atoms with Crippen molar-refractivity contribution in [2.24, 2.45) is 9.98 Å². The maximum Gasteiger partial charge on any atom is 2.00 e. The fourth-order valence-electron chi connectivity index (χ4n) is 2.34. The van der Waals surface area contributed by atoms with Crippen LogP contribution in [0, 0.1) is 0 Å². The molecule has 0 aliphatic carbocycles. The minimum absolute atomic E-state index is 0. The molecule has 2 atom stereocenters. The summed E-state index contributed by atoms with van der Waals surface area (Å²) in [6, 6.07) is 5.66. The molecule has 0 fully saturated rings. The van der Waals surface area contributed by atoms with E-state index in [0.717, 1.165) is 0 Å². The average Bonchev–Trinajstić information content (AvgIpc) is 3.18. The Morgan fingerprint density at radius 2 is 1.36 bits per heavy atom. The van der Waals surface area contributed by atoms with E-state index >= 15 is 0 Å². The first-order valence-electron chi connectivity index (χ1n) is 7.17. The monoisotopic (exact) mass is 426 g/mol. The molecule has 0 bridgehead atoms. The largest absolute Gasteiger partial charge is 2.00 e. The second-order valence-electron chi connectivity index (χ2n) is 5.12. The van der Waals surface area contributed by atoms with Crippen LogP contribution in [0.15, 0.2) is 28.2 Å². The maximum absolute atomic E-state index is 5.59. The maximum atomic E-state index is 5.59. The minimum atomic E-state index is 0. The van der Waals surface area contributed by atoms with E-state index in [-0.39, 0.29) is 55.5 Å². The number of aromatic nitrogens is 1. The second-order valence-corrected chi connectivity index (χ2v) is 5.12. The van der Waals surface area contributed by atoms with E-state index in [2.05, 4.69) is 15.0 Å². The molecule has 0 saturated carbocycles. The van der Waals surface area contributed by atoms with Crippen LogP contribution in [0.4, 0.5) is 0 Å². The minimum Gasteiger partial charge on any atom is -1.00 e. The Morgan fingerprint density at radius 1 is 0.920 bits per heavy atom. The second kappa shape index (κ2) is 11.7. The summed E-state index contributed by atoms with van der Waals surface area (Å²) in [5.74, 6) is 1.08. The van der Waals surface area contributed by atoms with Crippen LogP contribution in [0.25, 0.3) is 0 Å². The van der Waals surface area contributed by atoms with Gasteiger partial charge >= 0.3 is 18.6 Å². The Labute approximate surface area is 171 Å². The van der Waals surface area contributed by atoms with Crippen LogP contribution in [0.2, 0.25) is 0 Å². The van der Waals surface area contributed by atoms with E-state index in [1.54, 1.807) is 14.2 Å². The summed E-state index contributed by atoms with van der Waals surface area (Å²) in [4.78, 5) is 13.5. The molecule has 0 amide bonds. The van der Waals surface area contributed by atoms with Crippen LogP contribution in [0.5, 0.6) is 0 Å². The summed E-state index contributed by atoms with van der Waals surface area (Å²) < 4.78 is 21.4. The van der Waals surface area contributed by atoms with Gasteiger partial charge in [-0.05, 0) is 12.1 Å². The van der Waals surface area contributed by atoms with Crippen molar-refractivity contribution >= 4 is 11.8 Å². The molecule has 0 saturated heterocycles. The number of hydrogen-bond acceptors (Lipinski definition) is 7. The molecule has 137 valence electrons. The van der Waals surface area contributed by atoms with Gasteiger partial charge in [0.05, 0.1) is 13.2 Å².